The molecule has 0 heterocycles. The van der Waals surface area contributed by atoms with Crippen LogP contribution in [0, 0.1) is 5.92 Å². The average Bonchev–Trinajstić information content (AvgIpc) is 2.88. The van der Waals surface area contributed by atoms with Crippen molar-refractivity contribution < 1.29 is 0 Å². The Balaban J connectivity index is 2.15. The van der Waals surface area contributed by atoms with E-state index >= 15 is 0 Å². The van der Waals surface area contributed by atoms with Gasteiger partial charge in [-0.05, 0) is 31.2 Å². The van der Waals surface area contributed by atoms with Crippen molar-refractivity contribution in [2.45, 2.75) is 19.8 Å². The van der Waals surface area contributed by atoms with E-state index in [2.05, 4.69) is 43.3 Å². The zero-order chi connectivity index (χ0) is 8.39. The second-order valence-corrected chi connectivity index (χ2v) is 3.57. The minimum atomic E-state index is 0.894. The lowest BCUT2D eigenvalue weighted by atomic mass is 10.1. The van der Waals surface area contributed by atoms with Gasteiger partial charge in [0.05, 0.1) is 0 Å². The highest BCUT2D eigenvalue weighted by Crippen LogP contribution is 2.36. The molecule has 1 saturated carbocycles. The third kappa shape index (κ3) is 1.76. The molecule has 1 aliphatic rings. The van der Waals surface area contributed by atoms with Crippen molar-refractivity contribution in [2.24, 2.45) is 5.92 Å². The van der Waals surface area contributed by atoms with Crippen LogP contribution in [-0.4, -0.2) is 0 Å². The van der Waals surface area contributed by atoms with Crippen LogP contribution in [0.4, 0.5) is 0 Å². The van der Waals surface area contributed by atoms with Crippen molar-refractivity contribution in [2.75, 3.05) is 0 Å². The van der Waals surface area contributed by atoms with Gasteiger partial charge in [0, 0.05) is 0 Å². The molecule has 0 atom stereocenters. The summed E-state index contributed by atoms with van der Waals surface area (Å²) < 4.78 is 0. The van der Waals surface area contributed by atoms with Gasteiger partial charge in [-0.25, -0.2) is 0 Å². The van der Waals surface area contributed by atoms with E-state index in [1.165, 1.54) is 18.4 Å². The van der Waals surface area contributed by atoms with Crippen LogP contribution >= 0.6 is 0 Å². The van der Waals surface area contributed by atoms with Crippen molar-refractivity contribution in [1.29, 1.82) is 0 Å². The van der Waals surface area contributed by atoms with Crippen molar-refractivity contribution in [1.82, 2.24) is 0 Å². The summed E-state index contributed by atoms with van der Waals surface area (Å²) in [4.78, 5) is 0. The van der Waals surface area contributed by atoms with Crippen LogP contribution in [0.25, 0.3) is 6.08 Å². The minimum absolute atomic E-state index is 0.894. The van der Waals surface area contributed by atoms with Crippen LogP contribution in [0.5, 0.6) is 0 Å². The average molecular weight is 158 g/mol. The summed E-state index contributed by atoms with van der Waals surface area (Å²) in [6, 6.07) is 10.6. The number of rotatable bonds is 2. The SMILES string of the molecule is C/C(=C/c1ccccc1)C1CC1. The van der Waals surface area contributed by atoms with Gasteiger partial charge in [-0.3, -0.25) is 0 Å². The molecule has 0 amide bonds. The predicted octanol–water partition coefficient (Wildman–Crippen LogP) is 3.50. The summed E-state index contributed by atoms with van der Waals surface area (Å²) in [5.41, 5.74) is 2.88. The largest absolute Gasteiger partial charge is 0.0696 e. The maximum absolute atomic E-state index is 2.30. The fourth-order valence-electron chi connectivity index (χ4n) is 1.47. The first kappa shape index (κ1) is 7.60. The monoisotopic (exact) mass is 158 g/mol. The maximum Gasteiger partial charge on any atom is -0.0202 e. The van der Waals surface area contributed by atoms with Gasteiger partial charge < -0.3 is 0 Å². The molecule has 0 saturated heterocycles. The molecular weight excluding hydrogens is 144 g/mol. The summed E-state index contributed by atoms with van der Waals surface area (Å²) in [5.74, 6) is 0.894. The molecule has 0 N–H and O–H groups in total. The van der Waals surface area contributed by atoms with Crippen LogP contribution in [0.15, 0.2) is 35.9 Å². The maximum atomic E-state index is 2.30. The van der Waals surface area contributed by atoms with E-state index < -0.39 is 0 Å². The lowest BCUT2D eigenvalue weighted by Gasteiger charge is -1.96. The molecule has 0 heteroatoms. The molecule has 0 nitrogen and oxygen atoms in total. The van der Waals surface area contributed by atoms with Crippen LogP contribution in [0.2, 0.25) is 0 Å². The molecule has 12 heavy (non-hydrogen) atoms. The topological polar surface area (TPSA) is 0 Å². The number of hydrogen-bond acceptors (Lipinski definition) is 0. The molecule has 1 fully saturated rings. The molecule has 0 radical (unpaired) electrons. The van der Waals surface area contributed by atoms with Crippen LogP contribution in [0.3, 0.4) is 0 Å². The van der Waals surface area contributed by atoms with E-state index in [0.29, 0.717) is 0 Å². The number of benzene rings is 1. The third-order valence-electron chi connectivity index (χ3n) is 2.42. The quantitative estimate of drug-likeness (QED) is 0.618. The minimum Gasteiger partial charge on any atom is -0.0696 e. The second-order valence-electron chi connectivity index (χ2n) is 3.57. The molecule has 1 aromatic rings. The standard InChI is InChI=1S/C12H14/c1-10(12-7-8-12)9-11-5-3-2-4-6-11/h2-6,9,12H,7-8H2,1H3/b10-9-. The second kappa shape index (κ2) is 3.14. The first-order valence-corrected chi connectivity index (χ1v) is 4.59. The van der Waals surface area contributed by atoms with Gasteiger partial charge in [-0.15, -0.1) is 0 Å². The Kier molecular flexibility index (Phi) is 1.99. The first-order valence-electron chi connectivity index (χ1n) is 4.59. The van der Waals surface area contributed by atoms with Crippen molar-refractivity contribution >= 4 is 6.08 Å². The highest BCUT2D eigenvalue weighted by atomic mass is 14.3. The molecule has 1 aromatic carbocycles. The molecule has 0 spiro atoms. The van der Waals surface area contributed by atoms with Crippen LogP contribution in [0.1, 0.15) is 25.3 Å². The normalized spacial score (nSPS) is 17.9. The van der Waals surface area contributed by atoms with Crippen molar-refractivity contribution in [3.05, 3.63) is 41.5 Å². The van der Waals surface area contributed by atoms with E-state index in [9.17, 15) is 0 Å². The van der Waals surface area contributed by atoms with Crippen molar-refractivity contribution in [3.63, 3.8) is 0 Å². The molecule has 0 aromatic heterocycles. The summed E-state index contributed by atoms with van der Waals surface area (Å²) in [6.07, 6.45) is 5.10. The Hall–Kier alpha value is -1.04. The number of allylic oxidation sites excluding steroid dienone is 1. The Morgan fingerprint density at radius 3 is 2.50 bits per heavy atom. The Bertz CT molecular complexity index is 278. The highest BCUT2D eigenvalue weighted by Gasteiger charge is 2.22. The van der Waals surface area contributed by atoms with Gasteiger partial charge in [0.25, 0.3) is 0 Å². The van der Waals surface area contributed by atoms with E-state index in [4.69, 9.17) is 0 Å². The van der Waals surface area contributed by atoms with E-state index in [1.807, 2.05) is 0 Å². The van der Waals surface area contributed by atoms with Crippen LogP contribution < -0.4 is 0 Å². The smallest absolute Gasteiger partial charge is 0.0202 e. The zero-order valence-electron chi connectivity index (χ0n) is 7.46. The van der Waals surface area contributed by atoms with Gasteiger partial charge in [0.15, 0.2) is 0 Å². The molecule has 62 valence electrons. The molecule has 0 bridgehead atoms. The van der Waals surface area contributed by atoms with Gasteiger partial charge in [0.1, 0.15) is 0 Å². The molecule has 1 aliphatic carbocycles. The Labute approximate surface area is 73.9 Å². The summed E-state index contributed by atoms with van der Waals surface area (Å²) in [7, 11) is 0. The molecular formula is C12H14. The Morgan fingerprint density at radius 2 is 1.92 bits per heavy atom. The highest BCUT2D eigenvalue weighted by molar-refractivity contribution is 5.53. The van der Waals surface area contributed by atoms with E-state index in [-0.39, 0.29) is 0 Å². The van der Waals surface area contributed by atoms with Gasteiger partial charge >= 0.3 is 0 Å². The zero-order valence-corrected chi connectivity index (χ0v) is 7.46. The molecule has 0 unspecified atom stereocenters. The Morgan fingerprint density at radius 1 is 1.25 bits per heavy atom. The van der Waals surface area contributed by atoms with E-state index in [0.717, 1.165) is 5.92 Å². The van der Waals surface area contributed by atoms with Gasteiger partial charge in [-0.2, -0.15) is 0 Å². The van der Waals surface area contributed by atoms with E-state index in [1.54, 1.807) is 5.57 Å². The third-order valence-corrected chi connectivity index (χ3v) is 2.42. The van der Waals surface area contributed by atoms with Gasteiger partial charge in [0.2, 0.25) is 0 Å². The summed E-state index contributed by atoms with van der Waals surface area (Å²) >= 11 is 0. The number of hydrogen-bond donors (Lipinski definition) is 0. The van der Waals surface area contributed by atoms with Crippen LogP contribution in [-0.2, 0) is 0 Å². The summed E-state index contributed by atoms with van der Waals surface area (Å²) in [5, 5.41) is 0. The fraction of sp³-hybridized carbons (Fsp3) is 0.333. The lowest BCUT2D eigenvalue weighted by Crippen LogP contribution is -1.78. The van der Waals surface area contributed by atoms with Gasteiger partial charge in [-0.1, -0.05) is 42.0 Å². The predicted molar refractivity (Wildman–Crippen MR) is 52.8 cm³/mol. The lowest BCUT2D eigenvalue weighted by molar-refractivity contribution is 1.02. The first-order chi connectivity index (χ1) is 5.86. The fourth-order valence-corrected chi connectivity index (χ4v) is 1.47. The summed E-state index contributed by atoms with van der Waals surface area (Å²) in [6.45, 7) is 2.24. The molecule has 0 aliphatic heterocycles. The molecule has 2 rings (SSSR count). The van der Waals surface area contributed by atoms with Crippen molar-refractivity contribution in [3.8, 4) is 0 Å².